The quantitative estimate of drug-likeness (QED) is 0.873. The lowest BCUT2D eigenvalue weighted by atomic mass is 10.1. The smallest absolute Gasteiger partial charge is 0.226 e. The molecule has 0 bridgehead atoms. The second-order valence-corrected chi connectivity index (χ2v) is 5.32. The summed E-state index contributed by atoms with van der Waals surface area (Å²) in [4.78, 5) is 12.0. The maximum Gasteiger partial charge on any atom is 0.226 e. The fraction of sp³-hybridized carbons (Fsp3) is 0.400. The standard InChI is InChI=1S/C15H19N5O2/c1-20-10-17-19-15(20)11-2-4-12(5-3-11)18-14(21)8-13-9-22-7-6-16-13/h2-5,10,13,16H,6-9H2,1H3,(H,18,21). The number of hydrogen-bond donors (Lipinski definition) is 2. The highest BCUT2D eigenvalue weighted by Crippen LogP contribution is 2.18. The van der Waals surface area contributed by atoms with E-state index in [1.807, 2.05) is 35.9 Å². The summed E-state index contributed by atoms with van der Waals surface area (Å²) in [5.74, 6) is 0.774. The van der Waals surface area contributed by atoms with Gasteiger partial charge >= 0.3 is 0 Å². The molecule has 2 N–H and O–H groups in total. The monoisotopic (exact) mass is 301 g/mol. The summed E-state index contributed by atoms with van der Waals surface area (Å²) in [6.45, 7) is 2.09. The molecule has 2 aromatic rings. The molecular formula is C15H19N5O2. The van der Waals surface area contributed by atoms with E-state index in [1.165, 1.54) is 0 Å². The molecule has 1 atom stereocenters. The summed E-state index contributed by atoms with van der Waals surface area (Å²) in [6.07, 6.45) is 2.06. The lowest BCUT2D eigenvalue weighted by Crippen LogP contribution is -2.43. The van der Waals surface area contributed by atoms with E-state index < -0.39 is 0 Å². The summed E-state index contributed by atoms with van der Waals surface area (Å²) in [7, 11) is 1.89. The van der Waals surface area contributed by atoms with Gasteiger partial charge < -0.3 is 19.9 Å². The summed E-state index contributed by atoms with van der Waals surface area (Å²) in [5.41, 5.74) is 1.73. The molecule has 1 amide bonds. The third kappa shape index (κ3) is 3.49. The molecule has 1 aliphatic heterocycles. The molecule has 1 aliphatic rings. The number of ether oxygens (including phenoxy) is 1. The number of carbonyl (C=O) groups is 1. The van der Waals surface area contributed by atoms with Crippen molar-refractivity contribution in [2.45, 2.75) is 12.5 Å². The van der Waals surface area contributed by atoms with E-state index in [0.717, 1.165) is 23.6 Å². The Balaban J connectivity index is 1.58. The Labute approximate surface area is 128 Å². The number of aryl methyl sites for hydroxylation is 1. The first-order valence-electron chi connectivity index (χ1n) is 7.28. The summed E-state index contributed by atoms with van der Waals surface area (Å²) in [5, 5.41) is 14.1. The summed E-state index contributed by atoms with van der Waals surface area (Å²) < 4.78 is 7.19. The molecule has 1 saturated heterocycles. The Bertz CT molecular complexity index is 632. The van der Waals surface area contributed by atoms with Gasteiger partial charge in [0.25, 0.3) is 0 Å². The van der Waals surface area contributed by atoms with Gasteiger partial charge in [0.1, 0.15) is 6.33 Å². The van der Waals surface area contributed by atoms with E-state index in [4.69, 9.17) is 4.74 Å². The lowest BCUT2D eigenvalue weighted by Gasteiger charge is -2.23. The lowest BCUT2D eigenvalue weighted by molar-refractivity contribution is -0.117. The zero-order valence-electron chi connectivity index (χ0n) is 12.5. The second-order valence-electron chi connectivity index (χ2n) is 5.32. The van der Waals surface area contributed by atoms with E-state index in [1.54, 1.807) is 6.33 Å². The first kappa shape index (κ1) is 14.7. The number of benzene rings is 1. The SMILES string of the molecule is Cn1cnnc1-c1ccc(NC(=O)CC2COCCN2)cc1. The molecule has 1 unspecified atom stereocenters. The van der Waals surface area contributed by atoms with Crippen LogP contribution in [0.25, 0.3) is 11.4 Å². The van der Waals surface area contributed by atoms with Crippen molar-refractivity contribution in [2.75, 3.05) is 25.1 Å². The number of amides is 1. The van der Waals surface area contributed by atoms with Crippen LogP contribution in [0.4, 0.5) is 5.69 Å². The fourth-order valence-electron chi connectivity index (χ4n) is 2.43. The minimum absolute atomic E-state index is 0.0191. The average Bonchev–Trinajstić information content (AvgIpc) is 2.95. The largest absolute Gasteiger partial charge is 0.378 e. The molecule has 0 saturated carbocycles. The van der Waals surface area contributed by atoms with Gasteiger partial charge in [-0.25, -0.2) is 0 Å². The van der Waals surface area contributed by atoms with Crippen molar-refractivity contribution in [1.82, 2.24) is 20.1 Å². The van der Waals surface area contributed by atoms with Crippen LogP contribution in [0.15, 0.2) is 30.6 Å². The van der Waals surface area contributed by atoms with Gasteiger partial charge in [0.05, 0.1) is 13.2 Å². The molecule has 7 heteroatoms. The van der Waals surface area contributed by atoms with Gasteiger partial charge in [0.15, 0.2) is 5.82 Å². The molecule has 1 fully saturated rings. The number of rotatable bonds is 4. The first-order valence-corrected chi connectivity index (χ1v) is 7.28. The zero-order valence-corrected chi connectivity index (χ0v) is 12.5. The molecule has 116 valence electrons. The Morgan fingerprint density at radius 2 is 2.27 bits per heavy atom. The van der Waals surface area contributed by atoms with Crippen molar-refractivity contribution in [3.8, 4) is 11.4 Å². The van der Waals surface area contributed by atoms with Crippen LogP contribution in [0.5, 0.6) is 0 Å². The highest BCUT2D eigenvalue weighted by atomic mass is 16.5. The molecule has 1 aromatic heterocycles. The highest BCUT2D eigenvalue weighted by Gasteiger charge is 2.16. The van der Waals surface area contributed by atoms with Crippen molar-refractivity contribution in [1.29, 1.82) is 0 Å². The topological polar surface area (TPSA) is 81.1 Å². The molecule has 2 heterocycles. The minimum Gasteiger partial charge on any atom is -0.378 e. The number of hydrogen-bond acceptors (Lipinski definition) is 5. The highest BCUT2D eigenvalue weighted by molar-refractivity contribution is 5.91. The zero-order chi connectivity index (χ0) is 15.4. The molecule has 1 aromatic carbocycles. The van der Waals surface area contributed by atoms with Crippen LogP contribution in [-0.2, 0) is 16.6 Å². The minimum atomic E-state index is -0.0191. The molecule has 22 heavy (non-hydrogen) atoms. The van der Waals surface area contributed by atoms with Gasteiger partial charge in [0, 0.05) is 37.3 Å². The maximum atomic E-state index is 12.0. The van der Waals surface area contributed by atoms with E-state index in [2.05, 4.69) is 20.8 Å². The summed E-state index contributed by atoms with van der Waals surface area (Å²) >= 11 is 0. The van der Waals surface area contributed by atoms with Crippen molar-refractivity contribution in [3.63, 3.8) is 0 Å². The number of anilines is 1. The summed E-state index contributed by atoms with van der Waals surface area (Å²) in [6, 6.07) is 7.66. The third-order valence-electron chi connectivity index (χ3n) is 3.57. The maximum absolute atomic E-state index is 12.0. The Kier molecular flexibility index (Phi) is 4.45. The second kappa shape index (κ2) is 6.67. The van der Waals surface area contributed by atoms with Crippen LogP contribution in [0, 0.1) is 0 Å². The molecule has 7 nitrogen and oxygen atoms in total. The van der Waals surface area contributed by atoms with Crippen molar-refractivity contribution >= 4 is 11.6 Å². The van der Waals surface area contributed by atoms with Crippen LogP contribution in [0.1, 0.15) is 6.42 Å². The molecule has 0 spiro atoms. The predicted octanol–water partition coefficient (Wildman–Crippen LogP) is 0.799. The van der Waals surface area contributed by atoms with E-state index in [0.29, 0.717) is 19.6 Å². The number of carbonyl (C=O) groups excluding carboxylic acids is 1. The van der Waals surface area contributed by atoms with Gasteiger partial charge in [-0.15, -0.1) is 10.2 Å². The van der Waals surface area contributed by atoms with Gasteiger partial charge in [-0.3, -0.25) is 4.79 Å². The molecule has 0 radical (unpaired) electrons. The molecule has 3 rings (SSSR count). The number of aromatic nitrogens is 3. The fourth-order valence-corrected chi connectivity index (χ4v) is 2.43. The van der Waals surface area contributed by atoms with Crippen LogP contribution < -0.4 is 10.6 Å². The van der Waals surface area contributed by atoms with E-state index in [9.17, 15) is 4.79 Å². The van der Waals surface area contributed by atoms with Crippen LogP contribution in [0.2, 0.25) is 0 Å². The van der Waals surface area contributed by atoms with Gasteiger partial charge in [-0.05, 0) is 24.3 Å². The van der Waals surface area contributed by atoms with E-state index in [-0.39, 0.29) is 11.9 Å². The van der Waals surface area contributed by atoms with E-state index >= 15 is 0 Å². The Morgan fingerprint density at radius 1 is 1.45 bits per heavy atom. The van der Waals surface area contributed by atoms with Crippen molar-refractivity contribution < 1.29 is 9.53 Å². The average molecular weight is 301 g/mol. The van der Waals surface area contributed by atoms with Crippen molar-refractivity contribution in [3.05, 3.63) is 30.6 Å². The van der Waals surface area contributed by atoms with Gasteiger partial charge in [0.2, 0.25) is 5.91 Å². The first-order chi connectivity index (χ1) is 10.7. The normalized spacial score (nSPS) is 18.1. The molecule has 0 aliphatic carbocycles. The number of morpholine rings is 1. The Hall–Kier alpha value is -2.25. The van der Waals surface area contributed by atoms with Crippen LogP contribution in [-0.4, -0.2) is 46.5 Å². The Morgan fingerprint density at radius 3 is 2.91 bits per heavy atom. The van der Waals surface area contributed by atoms with Gasteiger partial charge in [-0.2, -0.15) is 0 Å². The van der Waals surface area contributed by atoms with Crippen LogP contribution >= 0.6 is 0 Å². The van der Waals surface area contributed by atoms with Gasteiger partial charge in [-0.1, -0.05) is 0 Å². The van der Waals surface area contributed by atoms with Crippen LogP contribution in [0.3, 0.4) is 0 Å². The predicted molar refractivity (Wildman–Crippen MR) is 82.3 cm³/mol. The van der Waals surface area contributed by atoms with Crippen molar-refractivity contribution in [2.24, 2.45) is 7.05 Å². The number of nitrogens with one attached hydrogen (secondary N) is 2. The molecular weight excluding hydrogens is 282 g/mol. The third-order valence-corrected chi connectivity index (χ3v) is 3.57. The number of nitrogens with zero attached hydrogens (tertiary/aromatic N) is 3.